The normalized spacial score (nSPS) is 10.9. The zero-order valence-corrected chi connectivity index (χ0v) is 12.1. The largest absolute Gasteiger partial charge is 0.382 e. The van der Waals surface area contributed by atoms with Crippen LogP contribution in [-0.2, 0) is 9.53 Å². The van der Waals surface area contributed by atoms with Crippen molar-refractivity contribution in [3.05, 3.63) is 26.9 Å². The summed E-state index contributed by atoms with van der Waals surface area (Å²) in [4.78, 5) is 12.5. The molecule has 0 aliphatic carbocycles. The van der Waals surface area contributed by atoms with Gasteiger partial charge in [-0.25, -0.2) is 0 Å². The van der Waals surface area contributed by atoms with Crippen molar-refractivity contribution in [1.82, 2.24) is 5.32 Å². The maximum Gasteiger partial charge on any atom is 0.244 e. The van der Waals surface area contributed by atoms with Crippen molar-refractivity contribution in [1.29, 1.82) is 0 Å². The lowest BCUT2D eigenvalue weighted by molar-refractivity contribution is -0.116. The molecule has 5 heteroatoms. The third-order valence-electron chi connectivity index (χ3n) is 1.96. The average molecular weight is 318 g/mol. The van der Waals surface area contributed by atoms with Crippen LogP contribution in [0.5, 0.6) is 0 Å². The second kappa shape index (κ2) is 8.44. The predicted octanol–water partition coefficient (Wildman–Crippen LogP) is 3.07. The second-order valence-corrected chi connectivity index (χ2v) is 5.81. The highest BCUT2D eigenvalue weighted by Crippen LogP contribution is 2.22. The lowest BCUT2D eigenvalue weighted by atomic mass is 10.4. The highest BCUT2D eigenvalue weighted by Gasteiger charge is 1.96. The van der Waals surface area contributed by atoms with E-state index in [1.165, 1.54) is 0 Å². The first kappa shape index (κ1) is 14.4. The molecule has 17 heavy (non-hydrogen) atoms. The number of rotatable bonds is 7. The molecule has 0 bridgehead atoms. The first-order valence-corrected chi connectivity index (χ1v) is 7.12. The molecule has 1 N–H and O–H groups in total. The monoisotopic (exact) mass is 317 g/mol. The number of thiophene rings is 1. The van der Waals surface area contributed by atoms with Crippen LogP contribution < -0.4 is 5.32 Å². The molecule has 1 aromatic heterocycles. The minimum atomic E-state index is -0.0639. The zero-order valence-electron chi connectivity index (χ0n) is 9.74. The molecule has 0 saturated heterocycles. The molecule has 0 aliphatic rings. The van der Waals surface area contributed by atoms with E-state index in [9.17, 15) is 4.79 Å². The van der Waals surface area contributed by atoms with Crippen LogP contribution in [0.15, 0.2) is 22.0 Å². The van der Waals surface area contributed by atoms with Crippen LogP contribution in [0.1, 0.15) is 18.2 Å². The Morgan fingerprint density at radius 3 is 3.06 bits per heavy atom. The van der Waals surface area contributed by atoms with Gasteiger partial charge >= 0.3 is 0 Å². The van der Waals surface area contributed by atoms with E-state index in [1.807, 2.05) is 25.1 Å². The SMILES string of the molecule is CCOCCCNC(=O)C=Cc1ccc(Br)s1. The van der Waals surface area contributed by atoms with Crippen molar-refractivity contribution in [3.8, 4) is 0 Å². The van der Waals surface area contributed by atoms with E-state index in [1.54, 1.807) is 17.4 Å². The molecule has 3 nitrogen and oxygen atoms in total. The molecule has 0 saturated carbocycles. The van der Waals surface area contributed by atoms with Gasteiger partial charge in [0, 0.05) is 30.7 Å². The Kier molecular flexibility index (Phi) is 7.16. The Bertz CT molecular complexity index is 376. The molecule has 1 amide bonds. The van der Waals surface area contributed by atoms with Crippen LogP contribution in [0.2, 0.25) is 0 Å². The van der Waals surface area contributed by atoms with Gasteiger partial charge in [0.1, 0.15) is 0 Å². The van der Waals surface area contributed by atoms with Crippen molar-refractivity contribution in [2.24, 2.45) is 0 Å². The number of halogens is 1. The Balaban J connectivity index is 2.18. The summed E-state index contributed by atoms with van der Waals surface area (Å²) >= 11 is 4.97. The summed E-state index contributed by atoms with van der Waals surface area (Å²) in [6.07, 6.45) is 4.21. The fourth-order valence-corrected chi connectivity index (χ4v) is 2.49. The molecule has 0 fully saturated rings. The van der Waals surface area contributed by atoms with Crippen molar-refractivity contribution >= 4 is 39.2 Å². The lowest BCUT2D eigenvalue weighted by Gasteiger charge is -2.01. The van der Waals surface area contributed by atoms with Gasteiger partial charge in [0.05, 0.1) is 3.79 Å². The summed E-state index contributed by atoms with van der Waals surface area (Å²) < 4.78 is 6.24. The maximum atomic E-state index is 11.4. The van der Waals surface area contributed by atoms with Gasteiger partial charge in [0.15, 0.2) is 0 Å². The number of carbonyl (C=O) groups is 1. The minimum Gasteiger partial charge on any atom is -0.382 e. The van der Waals surface area contributed by atoms with E-state index >= 15 is 0 Å². The first-order chi connectivity index (χ1) is 8.22. The molecular weight excluding hydrogens is 302 g/mol. The summed E-state index contributed by atoms with van der Waals surface area (Å²) in [7, 11) is 0. The van der Waals surface area contributed by atoms with Gasteiger partial charge < -0.3 is 10.1 Å². The van der Waals surface area contributed by atoms with Crippen LogP contribution in [0.3, 0.4) is 0 Å². The fourth-order valence-electron chi connectivity index (χ4n) is 1.16. The third kappa shape index (κ3) is 6.61. The fraction of sp³-hybridized carbons (Fsp3) is 0.417. The summed E-state index contributed by atoms with van der Waals surface area (Å²) in [6.45, 7) is 4.03. The van der Waals surface area contributed by atoms with Crippen molar-refractivity contribution in [2.45, 2.75) is 13.3 Å². The Morgan fingerprint density at radius 2 is 2.41 bits per heavy atom. The summed E-state index contributed by atoms with van der Waals surface area (Å²) in [5, 5.41) is 2.81. The molecule has 0 atom stereocenters. The average Bonchev–Trinajstić information content (AvgIpc) is 2.72. The van der Waals surface area contributed by atoms with Gasteiger partial charge in [0.2, 0.25) is 5.91 Å². The third-order valence-corrected chi connectivity index (χ3v) is 3.55. The van der Waals surface area contributed by atoms with Gasteiger partial charge in [0.25, 0.3) is 0 Å². The van der Waals surface area contributed by atoms with Crippen LogP contribution in [0, 0.1) is 0 Å². The molecule has 1 heterocycles. The van der Waals surface area contributed by atoms with Gasteiger partial charge in [-0.1, -0.05) is 0 Å². The quantitative estimate of drug-likeness (QED) is 0.620. The van der Waals surface area contributed by atoms with Gasteiger partial charge in [-0.2, -0.15) is 0 Å². The summed E-state index contributed by atoms with van der Waals surface area (Å²) in [5.41, 5.74) is 0. The smallest absolute Gasteiger partial charge is 0.244 e. The molecule has 0 unspecified atom stereocenters. The van der Waals surface area contributed by atoms with Crippen molar-refractivity contribution < 1.29 is 9.53 Å². The number of amides is 1. The Hall–Kier alpha value is -0.650. The molecule has 94 valence electrons. The van der Waals surface area contributed by atoms with E-state index in [4.69, 9.17) is 4.74 Å². The van der Waals surface area contributed by atoms with Crippen LogP contribution in [-0.4, -0.2) is 25.7 Å². The standard InChI is InChI=1S/C12H16BrNO2S/c1-2-16-9-3-8-14-12(15)7-5-10-4-6-11(13)17-10/h4-7H,2-3,8-9H2,1H3,(H,14,15). The number of hydrogen-bond donors (Lipinski definition) is 1. The lowest BCUT2D eigenvalue weighted by Crippen LogP contribution is -2.23. The number of nitrogens with one attached hydrogen (secondary N) is 1. The zero-order chi connectivity index (χ0) is 12.5. The Morgan fingerprint density at radius 1 is 1.59 bits per heavy atom. The van der Waals surface area contributed by atoms with Gasteiger partial charge in [-0.3, -0.25) is 4.79 Å². The van der Waals surface area contributed by atoms with Gasteiger partial charge in [-0.05, 0) is 47.5 Å². The highest BCUT2D eigenvalue weighted by molar-refractivity contribution is 9.11. The van der Waals surface area contributed by atoms with Crippen molar-refractivity contribution in [2.75, 3.05) is 19.8 Å². The van der Waals surface area contributed by atoms with E-state index in [0.29, 0.717) is 13.2 Å². The van der Waals surface area contributed by atoms with E-state index in [2.05, 4.69) is 21.2 Å². The Labute approximate surface area is 114 Å². The molecule has 1 rings (SSSR count). The molecule has 1 aromatic rings. The maximum absolute atomic E-state index is 11.4. The van der Waals surface area contributed by atoms with Crippen LogP contribution >= 0.6 is 27.3 Å². The topological polar surface area (TPSA) is 38.3 Å². The molecule has 0 aliphatic heterocycles. The van der Waals surface area contributed by atoms with Gasteiger partial charge in [-0.15, -0.1) is 11.3 Å². The van der Waals surface area contributed by atoms with E-state index in [0.717, 1.165) is 21.7 Å². The van der Waals surface area contributed by atoms with Crippen molar-refractivity contribution in [3.63, 3.8) is 0 Å². The van der Waals surface area contributed by atoms with Crippen LogP contribution in [0.25, 0.3) is 6.08 Å². The molecule has 0 spiro atoms. The predicted molar refractivity (Wildman–Crippen MR) is 75.2 cm³/mol. The minimum absolute atomic E-state index is 0.0639. The van der Waals surface area contributed by atoms with E-state index in [-0.39, 0.29) is 5.91 Å². The van der Waals surface area contributed by atoms with E-state index < -0.39 is 0 Å². The molecule has 0 radical (unpaired) electrons. The highest BCUT2D eigenvalue weighted by atomic mass is 79.9. The second-order valence-electron chi connectivity index (χ2n) is 3.32. The summed E-state index contributed by atoms with van der Waals surface area (Å²) in [5.74, 6) is -0.0639. The first-order valence-electron chi connectivity index (χ1n) is 5.51. The van der Waals surface area contributed by atoms with Crippen LogP contribution in [0.4, 0.5) is 0 Å². The molecular formula is C12H16BrNO2S. The number of carbonyl (C=O) groups excluding carboxylic acids is 1. The number of ether oxygens (including phenoxy) is 1. The summed E-state index contributed by atoms with van der Waals surface area (Å²) in [6, 6.07) is 3.93. The number of hydrogen-bond acceptors (Lipinski definition) is 3. The molecule has 0 aromatic carbocycles.